The van der Waals surface area contributed by atoms with Gasteiger partial charge in [-0.25, -0.2) is 4.79 Å². The van der Waals surface area contributed by atoms with Gasteiger partial charge in [0.25, 0.3) is 5.91 Å². The summed E-state index contributed by atoms with van der Waals surface area (Å²) in [4.78, 5) is 23.7. The molecular formula is C16H15ClN2O4. The van der Waals surface area contributed by atoms with Crippen molar-refractivity contribution in [3.8, 4) is 5.75 Å². The van der Waals surface area contributed by atoms with Crippen molar-refractivity contribution in [2.24, 2.45) is 0 Å². The van der Waals surface area contributed by atoms with Crippen LogP contribution in [0.4, 0.5) is 11.4 Å². The molecular weight excluding hydrogens is 320 g/mol. The highest BCUT2D eigenvalue weighted by Crippen LogP contribution is 2.19. The minimum absolute atomic E-state index is 0.120. The van der Waals surface area contributed by atoms with E-state index in [4.69, 9.17) is 26.8 Å². The molecule has 7 heteroatoms. The van der Waals surface area contributed by atoms with Crippen LogP contribution < -0.4 is 15.8 Å². The molecule has 0 aliphatic heterocycles. The van der Waals surface area contributed by atoms with E-state index in [-0.39, 0.29) is 11.3 Å². The van der Waals surface area contributed by atoms with Crippen LogP contribution in [0.5, 0.6) is 5.75 Å². The molecule has 0 radical (unpaired) electrons. The minimum atomic E-state index is -0.713. The van der Waals surface area contributed by atoms with Crippen molar-refractivity contribution in [3.05, 3.63) is 53.1 Å². The van der Waals surface area contributed by atoms with Crippen molar-refractivity contribution in [1.29, 1.82) is 0 Å². The zero-order chi connectivity index (χ0) is 16.8. The molecule has 2 aromatic rings. The molecule has 2 aromatic carbocycles. The number of halogens is 1. The largest absolute Gasteiger partial charge is 0.497 e. The van der Waals surface area contributed by atoms with E-state index in [2.05, 4.69) is 5.32 Å². The van der Waals surface area contributed by atoms with Crippen LogP contribution in [0.1, 0.15) is 10.4 Å². The van der Waals surface area contributed by atoms with Crippen molar-refractivity contribution in [2.45, 2.75) is 0 Å². The number of carbonyl (C=O) groups is 2. The Bertz CT molecular complexity index is 717. The number of anilines is 2. The third kappa shape index (κ3) is 4.62. The van der Waals surface area contributed by atoms with E-state index in [0.717, 1.165) is 0 Å². The lowest BCUT2D eigenvalue weighted by Crippen LogP contribution is -2.21. The number of rotatable bonds is 5. The molecule has 0 atom stereocenters. The third-order valence-electron chi connectivity index (χ3n) is 2.94. The van der Waals surface area contributed by atoms with Gasteiger partial charge in [-0.1, -0.05) is 11.6 Å². The van der Waals surface area contributed by atoms with Crippen LogP contribution in [0.15, 0.2) is 42.5 Å². The maximum absolute atomic E-state index is 11.9. The Kier molecular flexibility index (Phi) is 5.43. The van der Waals surface area contributed by atoms with E-state index < -0.39 is 18.5 Å². The van der Waals surface area contributed by atoms with Gasteiger partial charge in [-0.2, -0.15) is 0 Å². The van der Waals surface area contributed by atoms with Crippen LogP contribution in [0.25, 0.3) is 0 Å². The average Bonchev–Trinajstić information content (AvgIpc) is 2.55. The van der Waals surface area contributed by atoms with Gasteiger partial charge in [0.05, 0.1) is 12.7 Å². The minimum Gasteiger partial charge on any atom is -0.497 e. The SMILES string of the molecule is COc1ccc(NC(=O)COC(=O)c2cc(Cl)ccc2N)cc1. The highest BCUT2D eigenvalue weighted by atomic mass is 35.5. The van der Waals surface area contributed by atoms with E-state index in [9.17, 15) is 9.59 Å². The summed E-state index contributed by atoms with van der Waals surface area (Å²) in [5.41, 5.74) is 6.59. The van der Waals surface area contributed by atoms with Gasteiger partial charge < -0.3 is 20.5 Å². The van der Waals surface area contributed by atoms with Crippen LogP contribution in [0, 0.1) is 0 Å². The maximum Gasteiger partial charge on any atom is 0.340 e. The normalized spacial score (nSPS) is 10.0. The van der Waals surface area contributed by atoms with Crippen molar-refractivity contribution in [2.75, 3.05) is 24.8 Å². The summed E-state index contributed by atoms with van der Waals surface area (Å²) in [5, 5.41) is 2.95. The second-order valence-corrected chi connectivity index (χ2v) is 5.02. The fourth-order valence-electron chi connectivity index (χ4n) is 1.79. The highest BCUT2D eigenvalue weighted by Gasteiger charge is 2.14. The van der Waals surface area contributed by atoms with Crippen molar-refractivity contribution in [3.63, 3.8) is 0 Å². The van der Waals surface area contributed by atoms with E-state index >= 15 is 0 Å². The van der Waals surface area contributed by atoms with E-state index in [1.807, 2.05) is 0 Å². The zero-order valence-electron chi connectivity index (χ0n) is 12.3. The Labute approximate surface area is 138 Å². The zero-order valence-corrected chi connectivity index (χ0v) is 13.1. The lowest BCUT2D eigenvalue weighted by molar-refractivity contribution is -0.119. The van der Waals surface area contributed by atoms with Gasteiger partial charge >= 0.3 is 5.97 Å². The van der Waals surface area contributed by atoms with Crippen molar-refractivity contribution < 1.29 is 19.1 Å². The van der Waals surface area contributed by atoms with E-state index in [0.29, 0.717) is 16.5 Å². The topological polar surface area (TPSA) is 90.6 Å². The molecule has 0 spiro atoms. The smallest absolute Gasteiger partial charge is 0.340 e. The molecule has 0 aromatic heterocycles. The maximum atomic E-state index is 11.9. The second kappa shape index (κ2) is 7.51. The molecule has 0 fully saturated rings. The number of nitrogen functional groups attached to an aromatic ring is 1. The van der Waals surface area contributed by atoms with Gasteiger partial charge in [-0.15, -0.1) is 0 Å². The number of benzene rings is 2. The Balaban J connectivity index is 1.90. The first-order valence-electron chi connectivity index (χ1n) is 6.65. The van der Waals surface area contributed by atoms with Gasteiger partial charge in [0.1, 0.15) is 5.75 Å². The van der Waals surface area contributed by atoms with E-state index in [1.54, 1.807) is 37.4 Å². The Hall–Kier alpha value is -2.73. The average molecular weight is 335 g/mol. The molecule has 3 N–H and O–H groups in total. The predicted octanol–water partition coefficient (Wildman–Crippen LogP) is 2.73. The monoisotopic (exact) mass is 334 g/mol. The number of nitrogens with one attached hydrogen (secondary N) is 1. The first-order valence-corrected chi connectivity index (χ1v) is 7.03. The lowest BCUT2D eigenvalue weighted by atomic mass is 10.2. The highest BCUT2D eigenvalue weighted by molar-refractivity contribution is 6.31. The summed E-state index contributed by atoms with van der Waals surface area (Å²) in [7, 11) is 1.55. The predicted molar refractivity (Wildman–Crippen MR) is 87.8 cm³/mol. The quantitative estimate of drug-likeness (QED) is 0.648. The number of methoxy groups -OCH3 is 1. The molecule has 1 amide bonds. The number of esters is 1. The number of hydrogen-bond acceptors (Lipinski definition) is 5. The van der Waals surface area contributed by atoms with Crippen LogP contribution in [0.2, 0.25) is 5.02 Å². The molecule has 120 valence electrons. The van der Waals surface area contributed by atoms with Crippen molar-refractivity contribution in [1.82, 2.24) is 0 Å². The molecule has 2 rings (SSSR count). The molecule has 0 saturated heterocycles. The Morgan fingerprint density at radius 3 is 2.52 bits per heavy atom. The van der Waals surface area contributed by atoms with Crippen LogP contribution in [0.3, 0.4) is 0 Å². The van der Waals surface area contributed by atoms with Crippen LogP contribution >= 0.6 is 11.6 Å². The van der Waals surface area contributed by atoms with Gasteiger partial charge in [-0.05, 0) is 42.5 Å². The first-order chi connectivity index (χ1) is 11.0. The molecule has 0 saturated carbocycles. The number of carbonyl (C=O) groups excluding carboxylic acids is 2. The van der Waals surface area contributed by atoms with Crippen LogP contribution in [-0.2, 0) is 9.53 Å². The number of ether oxygens (including phenoxy) is 2. The number of hydrogen-bond donors (Lipinski definition) is 2. The lowest BCUT2D eigenvalue weighted by Gasteiger charge is -2.08. The van der Waals surface area contributed by atoms with Gasteiger partial charge in [0.2, 0.25) is 0 Å². The van der Waals surface area contributed by atoms with Crippen LogP contribution in [-0.4, -0.2) is 25.6 Å². The fraction of sp³-hybridized carbons (Fsp3) is 0.125. The molecule has 0 aliphatic rings. The molecule has 0 aliphatic carbocycles. The molecule has 0 heterocycles. The fourth-order valence-corrected chi connectivity index (χ4v) is 1.96. The van der Waals surface area contributed by atoms with Crippen molar-refractivity contribution >= 4 is 34.9 Å². The summed E-state index contributed by atoms with van der Waals surface area (Å²) in [5.74, 6) is -0.509. The number of amides is 1. The molecule has 0 unspecified atom stereocenters. The molecule has 0 bridgehead atoms. The summed E-state index contributed by atoms with van der Waals surface area (Å²) in [6, 6.07) is 11.2. The van der Waals surface area contributed by atoms with Gasteiger partial charge in [0.15, 0.2) is 6.61 Å². The third-order valence-corrected chi connectivity index (χ3v) is 3.18. The first kappa shape index (κ1) is 16.6. The van der Waals surface area contributed by atoms with Gasteiger partial charge in [0, 0.05) is 16.4 Å². The Morgan fingerprint density at radius 1 is 1.17 bits per heavy atom. The summed E-state index contributed by atoms with van der Waals surface area (Å²) in [6.45, 7) is -0.434. The van der Waals surface area contributed by atoms with E-state index in [1.165, 1.54) is 12.1 Å². The Morgan fingerprint density at radius 2 is 1.87 bits per heavy atom. The summed E-state index contributed by atoms with van der Waals surface area (Å²) >= 11 is 5.80. The summed E-state index contributed by atoms with van der Waals surface area (Å²) < 4.78 is 9.95. The van der Waals surface area contributed by atoms with Gasteiger partial charge in [-0.3, -0.25) is 4.79 Å². The summed E-state index contributed by atoms with van der Waals surface area (Å²) in [6.07, 6.45) is 0. The number of nitrogens with two attached hydrogens (primary N) is 1. The standard InChI is InChI=1S/C16H15ClN2O4/c1-22-12-5-3-11(4-6-12)19-15(20)9-23-16(21)13-8-10(17)2-7-14(13)18/h2-8H,9,18H2,1H3,(H,19,20). The second-order valence-electron chi connectivity index (χ2n) is 4.58. The molecule has 23 heavy (non-hydrogen) atoms. The molecule has 6 nitrogen and oxygen atoms in total.